The first-order valence-corrected chi connectivity index (χ1v) is 11.3. The van der Waals surface area contributed by atoms with E-state index in [1.54, 1.807) is 0 Å². The average Bonchev–Trinajstić information content (AvgIpc) is 3.31. The monoisotopic (exact) mass is 434 g/mol. The Morgan fingerprint density at radius 3 is 2.34 bits per heavy atom. The largest absolute Gasteiger partial charge is 0.425 e. The molecule has 168 valence electrons. The zero-order valence-electron chi connectivity index (χ0n) is 18.3. The molecule has 0 saturated carbocycles. The topological polar surface area (TPSA) is 80.5 Å². The number of amides is 1. The molecule has 7 heteroatoms. The lowest BCUT2D eigenvalue weighted by atomic mass is 10.1. The number of anilines is 1. The zero-order valence-corrected chi connectivity index (χ0v) is 18.3. The number of ether oxygens (including phenoxy) is 1. The van der Waals surface area contributed by atoms with E-state index in [0.29, 0.717) is 31.2 Å². The molecule has 1 aliphatic rings. The van der Waals surface area contributed by atoms with Crippen molar-refractivity contribution in [2.24, 2.45) is 0 Å². The van der Waals surface area contributed by atoms with Crippen LogP contribution in [0.3, 0.4) is 0 Å². The van der Waals surface area contributed by atoms with Crippen molar-refractivity contribution in [1.82, 2.24) is 15.5 Å². The van der Waals surface area contributed by atoms with E-state index in [4.69, 9.17) is 9.15 Å². The molecule has 0 aliphatic carbocycles. The second kappa shape index (κ2) is 11.4. The third-order valence-electron chi connectivity index (χ3n) is 5.58. The predicted octanol–water partition coefficient (Wildman–Crippen LogP) is 3.33. The smallest absolute Gasteiger partial charge is 0.220 e. The van der Waals surface area contributed by atoms with E-state index in [1.165, 1.54) is 11.3 Å². The maximum atomic E-state index is 12.2. The molecule has 1 fully saturated rings. The lowest BCUT2D eigenvalue weighted by Crippen LogP contribution is -2.36. The summed E-state index contributed by atoms with van der Waals surface area (Å²) in [5.74, 6) is 1.13. The fourth-order valence-electron chi connectivity index (χ4n) is 3.73. The van der Waals surface area contributed by atoms with Crippen molar-refractivity contribution in [1.29, 1.82) is 0 Å². The average molecular weight is 435 g/mol. The summed E-state index contributed by atoms with van der Waals surface area (Å²) in [5, 5.41) is 11.1. The molecule has 1 N–H and O–H groups in total. The number of hydrogen-bond acceptors (Lipinski definition) is 6. The van der Waals surface area contributed by atoms with Gasteiger partial charge in [-0.3, -0.25) is 4.79 Å². The summed E-state index contributed by atoms with van der Waals surface area (Å²) in [5.41, 5.74) is 3.58. The highest BCUT2D eigenvalue weighted by molar-refractivity contribution is 5.76. The first-order chi connectivity index (χ1) is 15.8. The summed E-state index contributed by atoms with van der Waals surface area (Å²) in [6.07, 6.45) is 3.46. The van der Waals surface area contributed by atoms with Crippen molar-refractivity contribution in [3.63, 3.8) is 0 Å². The molecule has 1 amide bonds. The van der Waals surface area contributed by atoms with E-state index in [1.807, 2.05) is 18.2 Å². The minimum absolute atomic E-state index is 0.0221. The van der Waals surface area contributed by atoms with Gasteiger partial charge in [-0.05, 0) is 36.1 Å². The number of aryl methyl sites for hydroxylation is 3. The van der Waals surface area contributed by atoms with Gasteiger partial charge in [0.2, 0.25) is 17.7 Å². The van der Waals surface area contributed by atoms with Gasteiger partial charge in [-0.1, -0.05) is 42.5 Å². The Balaban J connectivity index is 1.14. The van der Waals surface area contributed by atoms with E-state index >= 15 is 0 Å². The number of carbonyl (C=O) groups is 1. The minimum Gasteiger partial charge on any atom is -0.425 e. The molecular formula is C25H30N4O3. The van der Waals surface area contributed by atoms with Crippen LogP contribution in [0.15, 0.2) is 59.0 Å². The van der Waals surface area contributed by atoms with Gasteiger partial charge in [-0.2, -0.15) is 0 Å². The quantitative estimate of drug-likeness (QED) is 0.527. The minimum atomic E-state index is -0.0221. The van der Waals surface area contributed by atoms with E-state index in [-0.39, 0.29) is 5.91 Å². The van der Waals surface area contributed by atoms with Gasteiger partial charge < -0.3 is 19.4 Å². The lowest BCUT2D eigenvalue weighted by Gasteiger charge is -2.28. The van der Waals surface area contributed by atoms with Gasteiger partial charge in [-0.25, -0.2) is 0 Å². The molecule has 0 radical (unpaired) electrons. The van der Waals surface area contributed by atoms with Gasteiger partial charge in [-0.15, -0.1) is 10.2 Å². The normalized spacial score (nSPS) is 13.8. The second-order valence-electron chi connectivity index (χ2n) is 7.97. The Morgan fingerprint density at radius 1 is 0.875 bits per heavy atom. The van der Waals surface area contributed by atoms with Gasteiger partial charge in [0.15, 0.2) is 0 Å². The van der Waals surface area contributed by atoms with Gasteiger partial charge in [0.25, 0.3) is 0 Å². The summed E-state index contributed by atoms with van der Waals surface area (Å²) < 4.78 is 11.1. The first-order valence-electron chi connectivity index (χ1n) is 11.3. The maximum absolute atomic E-state index is 12.2. The van der Waals surface area contributed by atoms with Crippen LogP contribution in [0, 0.1) is 0 Å². The number of aromatic nitrogens is 2. The number of benzene rings is 2. The molecule has 4 rings (SSSR count). The third-order valence-corrected chi connectivity index (χ3v) is 5.58. The maximum Gasteiger partial charge on any atom is 0.220 e. The molecule has 0 bridgehead atoms. The van der Waals surface area contributed by atoms with Crippen molar-refractivity contribution < 1.29 is 13.9 Å². The number of carbonyl (C=O) groups excluding carboxylic acids is 1. The zero-order chi connectivity index (χ0) is 22.0. The highest BCUT2D eigenvalue weighted by atomic mass is 16.5. The van der Waals surface area contributed by atoms with Crippen molar-refractivity contribution in [3.8, 4) is 0 Å². The molecule has 2 heterocycles. The SMILES string of the molecule is O=C(CCc1nnc(CCCc2ccccc2)o1)NCc1ccc(N2CCOCC2)cc1. The van der Waals surface area contributed by atoms with Crippen molar-refractivity contribution >= 4 is 11.6 Å². The summed E-state index contributed by atoms with van der Waals surface area (Å²) in [6.45, 7) is 3.89. The number of morpholine rings is 1. The van der Waals surface area contributed by atoms with Gasteiger partial charge in [0.1, 0.15) is 0 Å². The molecule has 1 aliphatic heterocycles. The van der Waals surface area contributed by atoms with Crippen molar-refractivity contribution in [3.05, 3.63) is 77.5 Å². The van der Waals surface area contributed by atoms with E-state index < -0.39 is 0 Å². The molecule has 1 saturated heterocycles. The Bertz CT molecular complexity index is 966. The number of nitrogens with one attached hydrogen (secondary N) is 1. The van der Waals surface area contributed by atoms with Crippen molar-refractivity contribution in [2.45, 2.75) is 38.6 Å². The summed E-state index contributed by atoms with van der Waals surface area (Å²) in [6, 6.07) is 18.7. The Morgan fingerprint density at radius 2 is 1.59 bits per heavy atom. The first kappa shape index (κ1) is 22.0. The standard InChI is InChI=1S/C25H30N4O3/c30-23(26-19-21-9-11-22(12-10-21)29-15-17-31-18-16-29)13-14-25-28-27-24(32-25)8-4-7-20-5-2-1-3-6-20/h1-3,5-6,9-12H,4,7-8,13-19H2,(H,26,30). The highest BCUT2D eigenvalue weighted by Crippen LogP contribution is 2.16. The van der Waals surface area contributed by atoms with Crippen LogP contribution in [0.2, 0.25) is 0 Å². The second-order valence-corrected chi connectivity index (χ2v) is 7.97. The molecule has 7 nitrogen and oxygen atoms in total. The van der Waals surface area contributed by atoms with Crippen molar-refractivity contribution in [2.75, 3.05) is 31.2 Å². The number of rotatable bonds is 10. The lowest BCUT2D eigenvalue weighted by molar-refractivity contribution is -0.121. The fraction of sp³-hybridized carbons (Fsp3) is 0.400. The van der Waals surface area contributed by atoms with Crippen LogP contribution >= 0.6 is 0 Å². The van der Waals surface area contributed by atoms with E-state index in [9.17, 15) is 4.79 Å². The molecule has 1 aromatic heterocycles. The third kappa shape index (κ3) is 6.65. The Hall–Kier alpha value is -3.19. The van der Waals surface area contributed by atoms with Gasteiger partial charge in [0, 0.05) is 44.6 Å². The molecule has 2 aromatic carbocycles. The van der Waals surface area contributed by atoms with Crippen LogP contribution in [0.5, 0.6) is 0 Å². The predicted molar refractivity (Wildman–Crippen MR) is 122 cm³/mol. The van der Waals surface area contributed by atoms with Crippen LogP contribution in [0.4, 0.5) is 5.69 Å². The number of hydrogen-bond donors (Lipinski definition) is 1. The number of nitrogens with zero attached hydrogens (tertiary/aromatic N) is 3. The molecule has 32 heavy (non-hydrogen) atoms. The molecule has 0 atom stereocenters. The van der Waals surface area contributed by atoms with E-state index in [2.05, 4.69) is 56.8 Å². The Kier molecular flexibility index (Phi) is 7.87. The summed E-state index contributed by atoms with van der Waals surface area (Å²) in [4.78, 5) is 14.5. The molecule has 0 spiro atoms. The van der Waals surface area contributed by atoms with Crippen LogP contribution < -0.4 is 10.2 Å². The van der Waals surface area contributed by atoms with Crippen LogP contribution in [-0.2, 0) is 35.3 Å². The fourth-order valence-corrected chi connectivity index (χ4v) is 3.73. The van der Waals surface area contributed by atoms with Gasteiger partial charge >= 0.3 is 0 Å². The summed E-state index contributed by atoms with van der Waals surface area (Å²) in [7, 11) is 0. The van der Waals surface area contributed by atoms with E-state index in [0.717, 1.165) is 51.1 Å². The molecule has 3 aromatic rings. The summed E-state index contributed by atoms with van der Waals surface area (Å²) >= 11 is 0. The highest BCUT2D eigenvalue weighted by Gasteiger charge is 2.12. The molecular weight excluding hydrogens is 404 g/mol. The van der Waals surface area contributed by atoms with Crippen LogP contribution in [0.25, 0.3) is 0 Å². The van der Waals surface area contributed by atoms with Gasteiger partial charge in [0.05, 0.1) is 13.2 Å². The Labute approximate surface area is 188 Å². The van der Waals surface area contributed by atoms with Crippen LogP contribution in [0.1, 0.15) is 35.7 Å². The van der Waals surface area contributed by atoms with Crippen LogP contribution in [-0.4, -0.2) is 42.4 Å². The molecule has 0 unspecified atom stereocenters.